The molecular weight excluding hydrogens is 304 g/mol. The van der Waals surface area contributed by atoms with Crippen LogP contribution in [0.1, 0.15) is 32.3 Å². The molecule has 0 aliphatic heterocycles. The predicted molar refractivity (Wildman–Crippen MR) is 90.7 cm³/mol. The fraction of sp³-hybridized carbons (Fsp3) is 0.500. The number of carbonyl (C=O) groups excluding carboxylic acids is 1. The summed E-state index contributed by atoms with van der Waals surface area (Å²) in [5.41, 5.74) is 0.589. The molecule has 24 heavy (non-hydrogen) atoms. The first-order valence-corrected chi connectivity index (χ1v) is 8.26. The maximum atomic E-state index is 12.9. The van der Waals surface area contributed by atoms with Crippen LogP contribution in [-0.4, -0.2) is 34.6 Å². The Morgan fingerprint density at radius 1 is 1.33 bits per heavy atom. The lowest BCUT2D eigenvalue weighted by molar-refractivity contribution is -0.124. The molecule has 0 spiro atoms. The fourth-order valence-electron chi connectivity index (χ4n) is 3.45. The molecule has 0 bridgehead atoms. The molecule has 1 aliphatic carbocycles. The van der Waals surface area contributed by atoms with Crippen LogP contribution in [0.15, 0.2) is 36.7 Å². The van der Waals surface area contributed by atoms with Gasteiger partial charge in [0.2, 0.25) is 5.91 Å². The van der Waals surface area contributed by atoms with Crippen LogP contribution >= 0.6 is 0 Å². The first-order chi connectivity index (χ1) is 11.5. The van der Waals surface area contributed by atoms with E-state index >= 15 is 0 Å². The molecule has 6 nitrogen and oxygen atoms in total. The lowest BCUT2D eigenvalue weighted by atomic mass is 9.87. The lowest BCUT2D eigenvalue weighted by Crippen LogP contribution is -2.38. The molecule has 1 N–H and O–H groups in total. The summed E-state index contributed by atoms with van der Waals surface area (Å²) in [4.78, 5) is 12.9. The average Bonchev–Trinajstić information content (AvgIpc) is 2.93. The number of ether oxygens (including phenoxy) is 1. The third kappa shape index (κ3) is 2.88. The molecule has 1 aromatic carbocycles. The number of hydrogen-bond donors (Lipinski definition) is 1. The number of methoxy groups -OCH3 is 1. The third-order valence-corrected chi connectivity index (χ3v) is 5.03. The maximum absolute atomic E-state index is 12.9. The van der Waals surface area contributed by atoms with E-state index in [1.807, 2.05) is 30.5 Å². The van der Waals surface area contributed by atoms with Crippen LogP contribution < -0.4 is 10.1 Å². The minimum atomic E-state index is -0.438. The number of aryl methyl sites for hydroxylation is 1. The Morgan fingerprint density at radius 3 is 2.58 bits per heavy atom. The highest BCUT2D eigenvalue weighted by Crippen LogP contribution is 2.64. The van der Waals surface area contributed by atoms with E-state index in [0.717, 1.165) is 30.7 Å². The average molecular weight is 328 g/mol. The second-order valence-electron chi connectivity index (χ2n) is 6.97. The Bertz CT molecular complexity index is 694. The molecule has 1 atom stereocenters. The number of carbonyl (C=O) groups is 1. The highest BCUT2D eigenvalue weighted by atomic mass is 16.5. The van der Waals surface area contributed by atoms with Gasteiger partial charge in [-0.3, -0.25) is 9.48 Å². The minimum absolute atomic E-state index is 0.0302. The quantitative estimate of drug-likeness (QED) is 0.791. The molecule has 1 saturated carbocycles. The van der Waals surface area contributed by atoms with Crippen molar-refractivity contribution < 1.29 is 9.53 Å². The molecule has 1 fully saturated rings. The summed E-state index contributed by atoms with van der Waals surface area (Å²) in [6.45, 7) is 5.67. The molecule has 2 aromatic rings. The highest BCUT2D eigenvalue weighted by Gasteiger charge is 2.66. The van der Waals surface area contributed by atoms with E-state index in [-0.39, 0.29) is 11.3 Å². The van der Waals surface area contributed by atoms with Crippen LogP contribution in [-0.2, 0) is 16.8 Å². The van der Waals surface area contributed by atoms with Gasteiger partial charge in [0, 0.05) is 19.3 Å². The summed E-state index contributed by atoms with van der Waals surface area (Å²) >= 11 is 0. The van der Waals surface area contributed by atoms with Crippen molar-refractivity contribution in [2.75, 3.05) is 13.7 Å². The van der Waals surface area contributed by atoms with E-state index in [1.165, 1.54) is 0 Å². The number of aromatic nitrogens is 3. The molecule has 128 valence electrons. The first kappa shape index (κ1) is 16.5. The van der Waals surface area contributed by atoms with Gasteiger partial charge in [0.25, 0.3) is 0 Å². The summed E-state index contributed by atoms with van der Waals surface area (Å²) < 4.78 is 6.99. The number of benzene rings is 1. The normalized spacial score (nSPS) is 21.3. The van der Waals surface area contributed by atoms with Gasteiger partial charge in [0.15, 0.2) is 0 Å². The predicted octanol–water partition coefficient (Wildman–Crippen LogP) is 2.16. The van der Waals surface area contributed by atoms with E-state index in [2.05, 4.69) is 29.5 Å². The molecule has 6 heteroatoms. The van der Waals surface area contributed by atoms with Crippen LogP contribution in [0, 0.1) is 5.41 Å². The second-order valence-corrected chi connectivity index (χ2v) is 6.97. The Balaban J connectivity index is 1.63. The number of hydrogen-bond acceptors (Lipinski definition) is 4. The SMILES string of the molecule is COc1ccc([C@@]2(C(=O)NCCCn3ccnn3)CC2(C)C)cc1. The van der Waals surface area contributed by atoms with Gasteiger partial charge in [-0.2, -0.15) is 0 Å². The molecule has 0 unspecified atom stereocenters. The molecule has 0 radical (unpaired) electrons. The van der Waals surface area contributed by atoms with Gasteiger partial charge in [0.1, 0.15) is 5.75 Å². The number of nitrogens with one attached hydrogen (secondary N) is 1. The summed E-state index contributed by atoms with van der Waals surface area (Å²) in [6, 6.07) is 7.85. The van der Waals surface area contributed by atoms with Crippen molar-refractivity contribution in [2.45, 2.75) is 38.6 Å². The number of nitrogens with zero attached hydrogens (tertiary/aromatic N) is 3. The smallest absolute Gasteiger partial charge is 0.231 e. The van der Waals surface area contributed by atoms with Gasteiger partial charge in [-0.1, -0.05) is 31.2 Å². The summed E-state index contributed by atoms with van der Waals surface area (Å²) in [5.74, 6) is 0.914. The monoisotopic (exact) mass is 328 g/mol. The molecule has 1 heterocycles. The first-order valence-electron chi connectivity index (χ1n) is 8.26. The van der Waals surface area contributed by atoms with Gasteiger partial charge in [-0.05, 0) is 36.0 Å². The van der Waals surface area contributed by atoms with Gasteiger partial charge in [-0.25, -0.2) is 0 Å². The van der Waals surface area contributed by atoms with Crippen molar-refractivity contribution in [3.8, 4) is 5.75 Å². The van der Waals surface area contributed by atoms with E-state index in [9.17, 15) is 4.79 Å². The molecule has 1 aromatic heterocycles. The van der Waals surface area contributed by atoms with Gasteiger partial charge in [0.05, 0.1) is 18.7 Å². The van der Waals surface area contributed by atoms with E-state index < -0.39 is 5.41 Å². The van der Waals surface area contributed by atoms with Gasteiger partial charge < -0.3 is 10.1 Å². The van der Waals surface area contributed by atoms with Crippen molar-refractivity contribution in [1.29, 1.82) is 0 Å². The molecule has 0 saturated heterocycles. The Labute approximate surface area is 142 Å². The second kappa shape index (κ2) is 6.26. The maximum Gasteiger partial charge on any atom is 0.231 e. The van der Waals surface area contributed by atoms with E-state index in [0.29, 0.717) is 6.54 Å². The van der Waals surface area contributed by atoms with Crippen molar-refractivity contribution in [3.05, 3.63) is 42.2 Å². The van der Waals surface area contributed by atoms with Crippen molar-refractivity contribution in [3.63, 3.8) is 0 Å². The number of rotatable bonds is 7. The van der Waals surface area contributed by atoms with Crippen molar-refractivity contribution in [2.24, 2.45) is 5.41 Å². The highest BCUT2D eigenvalue weighted by molar-refractivity contribution is 5.93. The number of amides is 1. The molecular formula is C18H24N4O2. The Morgan fingerprint density at radius 2 is 2.04 bits per heavy atom. The summed E-state index contributed by atoms with van der Waals surface area (Å²) in [5, 5.41) is 10.8. The Hall–Kier alpha value is -2.37. The van der Waals surface area contributed by atoms with Crippen LogP contribution in [0.5, 0.6) is 5.75 Å². The zero-order valence-electron chi connectivity index (χ0n) is 14.5. The zero-order chi connectivity index (χ0) is 17.2. The zero-order valence-corrected chi connectivity index (χ0v) is 14.5. The third-order valence-electron chi connectivity index (χ3n) is 5.03. The summed E-state index contributed by atoms with van der Waals surface area (Å²) in [6.07, 6.45) is 5.17. The van der Waals surface area contributed by atoms with Crippen LogP contribution in [0.2, 0.25) is 0 Å². The molecule has 1 amide bonds. The standard InChI is InChI=1S/C18H24N4O2/c1-17(2)13-18(17,14-5-7-15(24-3)8-6-14)16(23)19-9-4-11-22-12-10-20-21-22/h5-8,10,12H,4,9,11,13H2,1-3H3,(H,19,23)/t18-/m1/s1. The minimum Gasteiger partial charge on any atom is -0.497 e. The van der Waals surface area contributed by atoms with Gasteiger partial charge in [-0.15, -0.1) is 5.10 Å². The topological polar surface area (TPSA) is 69.0 Å². The van der Waals surface area contributed by atoms with E-state index in [1.54, 1.807) is 18.0 Å². The fourth-order valence-corrected chi connectivity index (χ4v) is 3.45. The van der Waals surface area contributed by atoms with Crippen molar-refractivity contribution in [1.82, 2.24) is 20.3 Å². The molecule has 1 aliphatic rings. The Kier molecular flexibility index (Phi) is 4.30. The lowest BCUT2D eigenvalue weighted by Gasteiger charge is -2.21. The molecule has 3 rings (SSSR count). The van der Waals surface area contributed by atoms with Gasteiger partial charge >= 0.3 is 0 Å². The van der Waals surface area contributed by atoms with Crippen molar-refractivity contribution >= 4 is 5.91 Å². The van der Waals surface area contributed by atoms with Crippen LogP contribution in [0.4, 0.5) is 0 Å². The van der Waals surface area contributed by atoms with Crippen LogP contribution in [0.25, 0.3) is 0 Å². The van der Waals surface area contributed by atoms with E-state index in [4.69, 9.17) is 4.74 Å². The van der Waals surface area contributed by atoms with Crippen LogP contribution in [0.3, 0.4) is 0 Å². The summed E-state index contributed by atoms with van der Waals surface area (Å²) in [7, 11) is 1.65. The largest absolute Gasteiger partial charge is 0.497 e.